The minimum absolute atomic E-state index is 0.149. The number of hydrogen-bond donors (Lipinski definition) is 3. The zero-order chi connectivity index (χ0) is 16.2. The minimum Gasteiger partial charge on any atom is -0.480 e. The molecule has 1 rings (SSSR count). The fourth-order valence-corrected chi connectivity index (χ4v) is 3.07. The van der Waals surface area contributed by atoms with E-state index in [9.17, 15) is 18.0 Å². The maximum absolute atomic E-state index is 12.1. The van der Waals surface area contributed by atoms with Crippen molar-refractivity contribution in [1.29, 1.82) is 0 Å². The van der Waals surface area contributed by atoms with E-state index in [0.29, 0.717) is 19.3 Å². The van der Waals surface area contributed by atoms with Crippen molar-refractivity contribution in [2.24, 2.45) is 17.0 Å². The van der Waals surface area contributed by atoms with Crippen molar-refractivity contribution >= 4 is 22.1 Å². The van der Waals surface area contributed by atoms with Crippen LogP contribution in [0.3, 0.4) is 0 Å². The highest BCUT2D eigenvalue weighted by atomic mass is 32.2. The molecule has 0 aromatic heterocycles. The van der Waals surface area contributed by atoms with Crippen LogP contribution in [0.1, 0.15) is 33.1 Å². The Labute approximate surface area is 124 Å². The van der Waals surface area contributed by atoms with Gasteiger partial charge in [0.2, 0.25) is 5.91 Å². The van der Waals surface area contributed by atoms with Crippen LogP contribution < -0.4 is 10.5 Å². The summed E-state index contributed by atoms with van der Waals surface area (Å²) in [5.41, 5.74) is 0. The average molecular weight is 321 g/mol. The number of piperidine rings is 1. The molecule has 1 aliphatic rings. The molecule has 1 amide bonds. The highest BCUT2D eigenvalue weighted by Crippen LogP contribution is 2.19. The van der Waals surface area contributed by atoms with Crippen molar-refractivity contribution < 1.29 is 23.1 Å². The number of nitrogens with two attached hydrogens (primary N) is 1. The molecular formula is C12H23N3O5S. The van der Waals surface area contributed by atoms with Crippen LogP contribution in [0.25, 0.3) is 0 Å². The Morgan fingerprint density at radius 3 is 2.24 bits per heavy atom. The first-order chi connectivity index (χ1) is 9.61. The van der Waals surface area contributed by atoms with Crippen LogP contribution in [0, 0.1) is 11.8 Å². The maximum atomic E-state index is 12.1. The number of aliphatic carboxylic acids is 1. The Hall–Kier alpha value is -1.19. The van der Waals surface area contributed by atoms with E-state index in [4.69, 9.17) is 10.2 Å². The Bertz CT molecular complexity index is 483. The molecule has 1 heterocycles. The molecule has 0 aromatic carbocycles. The first-order valence-corrected chi connectivity index (χ1v) is 8.42. The molecule has 4 N–H and O–H groups in total. The Morgan fingerprint density at radius 1 is 1.33 bits per heavy atom. The van der Waals surface area contributed by atoms with Gasteiger partial charge in [-0.25, -0.2) is 9.93 Å². The molecule has 9 heteroatoms. The normalized spacial score (nSPS) is 19.4. The lowest BCUT2D eigenvalue weighted by molar-refractivity contribution is -0.143. The molecule has 0 saturated carbocycles. The topological polar surface area (TPSA) is 130 Å². The molecule has 0 radical (unpaired) electrons. The highest BCUT2D eigenvalue weighted by molar-refractivity contribution is 7.86. The van der Waals surface area contributed by atoms with Crippen molar-refractivity contribution in [2.45, 2.75) is 39.2 Å². The maximum Gasteiger partial charge on any atom is 0.326 e. The van der Waals surface area contributed by atoms with Crippen molar-refractivity contribution in [3.63, 3.8) is 0 Å². The molecule has 0 aromatic rings. The number of amides is 1. The fourth-order valence-electron chi connectivity index (χ4n) is 2.35. The summed E-state index contributed by atoms with van der Waals surface area (Å²) in [7, 11) is -3.72. The van der Waals surface area contributed by atoms with Gasteiger partial charge in [-0.2, -0.15) is 12.7 Å². The summed E-state index contributed by atoms with van der Waals surface area (Å²) in [5.74, 6) is -1.62. The molecule has 122 valence electrons. The zero-order valence-corrected chi connectivity index (χ0v) is 13.1. The van der Waals surface area contributed by atoms with Gasteiger partial charge in [0.05, 0.1) is 0 Å². The van der Waals surface area contributed by atoms with E-state index in [1.165, 1.54) is 0 Å². The summed E-state index contributed by atoms with van der Waals surface area (Å²) < 4.78 is 23.5. The van der Waals surface area contributed by atoms with Gasteiger partial charge in [-0.3, -0.25) is 4.79 Å². The third kappa shape index (κ3) is 5.60. The Kier molecular flexibility index (Phi) is 6.11. The third-order valence-corrected chi connectivity index (χ3v) is 4.59. The van der Waals surface area contributed by atoms with E-state index in [2.05, 4.69) is 5.32 Å². The summed E-state index contributed by atoms with van der Waals surface area (Å²) >= 11 is 0. The number of nitrogens with one attached hydrogen (secondary N) is 1. The second-order valence-electron chi connectivity index (χ2n) is 5.75. The molecule has 8 nitrogen and oxygen atoms in total. The summed E-state index contributed by atoms with van der Waals surface area (Å²) in [5, 5.41) is 16.7. The summed E-state index contributed by atoms with van der Waals surface area (Å²) in [6.07, 6.45) is 1.05. The van der Waals surface area contributed by atoms with Crippen LogP contribution in [0.2, 0.25) is 0 Å². The van der Waals surface area contributed by atoms with Gasteiger partial charge >= 0.3 is 5.97 Å². The first-order valence-electron chi connectivity index (χ1n) is 6.92. The van der Waals surface area contributed by atoms with Gasteiger partial charge in [-0.1, -0.05) is 13.8 Å². The Morgan fingerprint density at radius 2 is 1.86 bits per heavy atom. The van der Waals surface area contributed by atoms with Gasteiger partial charge in [0.1, 0.15) is 6.04 Å². The lowest BCUT2D eigenvalue weighted by Crippen LogP contribution is -2.48. The van der Waals surface area contributed by atoms with E-state index < -0.39 is 22.2 Å². The lowest BCUT2D eigenvalue weighted by atomic mass is 9.96. The van der Waals surface area contributed by atoms with E-state index in [0.717, 1.165) is 4.31 Å². The molecule has 1 fully saturated rings. The zero-order valence-electron chi connectivity index (χ0n) is 12.3. The summed E-state index contributed by atoms with van der Waals surface area (Å²) in [6, 6.07) is -0.909. The predicted octanol–water partition coefficient (Wildman–Crippen LogP) is -0.483. The largest absolute Gasteiger partial charge is 0.480 e. The second kappa shape index (κ2) is 7.19. The van der Waals surface area contributed by atoms with Gasteiger partial charge < -0.3 is 10.4 Å². The number of carboxylic acid groups (broad SMARTS) is 1. The van der Waals surface area contributed by atoms with E-state index in [1.54, 1.807) is 0 Å². The van der Waals surface area contributed by atoms with Crippen LogP contribution in [-0.2, 0) is 19.8 Å². The van der Waals surface area contributed by atoms with Gasteiger partial charge in [0.15, 0.2) is 0 Å². The molecular weight excluding hydrogens is 298 g/mol. The number of carbonyl (C=O) groups excluding carboxylic acids is 1. The highest BCUT2D eigenvalue weighted by Gasteiger charge is 2.31. The van der Waals surface area contributed by atoms with Crippen LogP contribution >= 0.6 is 0 Å². The SMILES string of the molecule is CC(C)CC(NC(=O)C1CCN(S(N)(=O)=O)CC1)C(=O)O. The van der Waals surface area contributed by atoms with Crippen LogP contribution in [0.4, 0.5) is 0 Å². The molecule has 0 spiro atoms. The second-order valence-corrected chi connectivity index (χ2v) is 7.29. The van der Waals surface area contributed by atoms with E-state index in [-0.39, 0.29) is 30.8 Å². The number of hydrogen-bond acceptors (Lipinski definition) is 4. The van der Waals surface area contributed by atoms with Gasteiger partial charge in [0, 0.05) is 19.0 Å². The van der Waals surface area contributed by atoms with Crippen LogP contribution in [0.15, 0.2) is 0 Å². The molecule has 0 aliphatic carbocycles. The van der Waals surface area contributed by atoms with Crippen LogP contribution in [0.5, 0.6) is 0 Å². The molecule has 1 saturated heterocycles. The number of carboxylic acids is 1. The smallest absolute Gasteiger partial charge is 0.326 e. The Balaban J connectivity index is 2.55. The van der Waals surface area contributed by atoms with Crippen molar-refractivity contribution in [3.8, 4) is 0 Å². The van der Waals surface area contributed by atoms with E-state index >= 15 is 0 Å². The minimum atomic E-state index is -3.72. The van der Waals surface area contributed by atoms with Gasteiger partial charge in [-0.05, 0) is 25.2 Å². The first kappa shape index (κ1) is 17.9. The number of carbonyl (C=O) groups is 2. The summed E-state index contributed by atoms with van der Waals surface area (Å²) in [4.78, 5) is 23.2. The molecule has 0 bridgehead atoms. The molecule has 1 unspecified atom stereocenters. The standard InChI is InChI=1S/C12H23N3O5S/c1-8(2)7-10(12(17)18)14-11(16)9-3-5-15(6-4-9)21(13,19)20/h8-10H,3-7H2,1-2H3,(H,14,16)(H,17,18)(H2,13,19,20). The molecule has 21 heavy (non-hydrogen) atoms. The van der Waals surface area contributed by atoms with E-state index in [1.807, 2.05) is 13.8 Å². The van der Waals surface area contributed by atoms with Crippen molar-refractivity contribution in [1.82, 2.24) is 9.62 Å². The fraction of sp³-hybridized carbons (Fsp3) is 0.833. The lowest BCUT2D eigenvalue weighted by Gasteiger charge is -2.29. The summed E-state index contributed by atoms with van der Waals surface area (Å²) in [6.45, 7) is 4.12. The van der Waals surface area contributed by atoms with Crippen molar-refractivity contribution in [2.75, 3.05) is 13.1 Å². The molecule has 1 atom stereocenters. The molecule has 1 aliphatic heterocycles. The van der Waals surface area contributed by atoms with Gasteiger partial charge in [0.25, 0.3) is 10.2 Å². The average Bonchev–Trinajstić information content (AvgIpc) is 2.36. The van der Waals surface area contributed by atoms with Gasteiger partial charge in [-0.15, -0.1) is 0 Å². The van der Waals surface area contributed by atoms with Crippen LogP contribution in [-0.4, -0.2) is 48.8 Å². The van der Waals surface area contributed by atoms with Crippen molar-refractivity contribution in [3.05, 3.63) is 0 Å². The number of rotatable bonds is 6. The number of nitrogens with zero attached hydrogens (tertiary/aromatic N) is 1. The monoisotopic (exact) mass is 321 g/mol. The third-order valence-electron chi connectivity index (χ3n) is 3.51. The quantitative estimate of drug-likeness (QED) is 0.608. The predicted molar refractivity (Wildman–Crippen MR) is 76.4 cm³/mol.